The number of ether oxygens (including phenoxy) is 1. The third-order valence-electron chi connectivity index (χ3n) is 7.44. The summed E-state index contributed by atoms with van der Waals surface area (Å²) in [6.07, 6.45) is 3.70. The molecule has 0 unspecified atom stereocenters. The number of hydrogen-bond donors (Lipinski definition) is 2. The first-order valence-corrected chi connectivity index (χ1v) is 12.7. The fourth-order valence-corrected chi connectivity index (χ4v) is 5.44. The number of aliphatic hydroxyl groups excluding tert-OH is 1. The summed E-state index contributed by atoms with van der Waals surface area (Å²) in [5.74, 6) is -0.377. The fraction of sp³-hybridized carbons (Fsp3) is 0.429. The molecule has 2 aromatic carbocycles. The first kappa shape index (κ1) is 26.3. The number of hydrogen-bond acceptors (Lipinski definition) is 5. The summed E-state index contributed by atoms with van der Waals surface area (Å²) >= 11 is 6.42. The van der Waals surface area contributed by atoms with Gasteiger partial charge in [-0.05, 0) is 88.0 Å². The zero-order valence-corrected chi connectivity index (χ0v) is 21.2. The molecule has 2 N–H and O–H groups in total. The topological polar surface area (TPSA) is 82.9 Å². The number of piperidine rings is 1. The van der Waals surface area contributed by atoms with Gasteiger partial charge < -0.3 is 19.8 Å². The van der Waals surface area contributed by atoms with Gasteiger partial charge in [0, 0.05) is 17.1 Å². The van der Waals surface area contributed by atoms with Crippen LogP contribution in [0.15, 0.2) is 48.7 Å². The first-order chi connectivity index (χ1) is 17.3. The number of aryl methyl sites for hydroxylation is 1. The molecule has 1 aliphatic heterocycles. The van der Waals surface area contributed by atoms with Gasteiger partial charge in [-0.25, -0.2) is 4.39 Å². The Morgan fingerprint density at radius 2 is 2.00 bits per heavy atom. The van der Waals surface area contributed by atoms with Crippen LogP contribution in [0.25, 0.3) is 10.9 Å². The number of fused-ring (bicyclic) bond motifs is 1. The second kappa shape index (κ2) is 11.5. The third kappa shape index (κ3) is 5.80. The Bertz CT molecular complexity index is 1210. The van der Waals surface area contributed by atoms with Crippen LogP contribution in [0.2, 0.25) is 5.02 Å². The molecule has 0 saturated carbocycles. The van der Waals surface area contributed by atoms with Crippen molar-refractivity contribution in [3.8, 4) is 5.75 Å². The lowest BCUT2D eigenvalue weighted by molar-refractivity contribution is -0.153. The smallest absolute Gasteiger partial charge is 0.309 e. The molecule has 0 amide bonds. The molecule has 2 heterocycles. The summed E-state index contributed by atoms with van der Waals surface area (Å²) in [4.78, 5) is 18.9. The Morgan fingerprint density at radius 3 is 2.69 bits per heavy atom. The molecule has 0 bridgehead atoms. The molecule has 36 heavy (non-hydrogen) atoms. The number of aromatic nitrogens is 1. The third-order valence-corrected chi connectivity index (χ3v) is 7.74. The Morgan fingerprint density at radius 1 is 1.25 bits per heavy atom. The van der Waals surface area contributed by atoms with E-state index in [9.17, 15) is 19.4 Å². The van der Waals surface area contributed by atoms with Crippen LogP contribution in [-0.2, 0) is 11.2 Å². The van der Waals surface area contributed by atoms with Crippen molar-refractivity contribution in [1.82, 2.24) is 9.88 Å². The molecule has 1 aliphatic rings. The SMILES string of the molecule is COc1ccc2ncc(Cl)c([C@@H](O)CCC3(C(=O)O)CCN(CCCc4ccccc4F)CC3)c2c1. The molecule has 1 fully saturated rings. The van der Waals surface area contributed by atoms with Crippen LogP contribution in [0.5, 0.6) is 5.75 Å². The summed E-state index contributed by atoms with van der Waals surface area (Å²) in [6.45, 7) is 2.12. The molecule has 1 saturated heterocycles. The highest BCUT2D eigenvalue weighted by Gasteiger charge is 2.41. The quantitative estimate of drug-likeness (QED) is 0.364. The number of likely N-dealkylation sites (tertiary alicyclic amines) is 1. The van der Waals surface area contributed by atoms with Crippen LogP contribution in [0, 0.1) is 11.2 Å². The van der Waals surface area contributed by atoms with Crippen molar-refractivity contribution < 1.29 is 24.1 Å². The minimum Gasteiger partial charge on any atom is -0.497 e. The molecule has 8 heteroatoms. The predicted molar refractivity (Wildman–Crippen MR) is 138 cm³/mol. The zero-order valence-electron chi connectivity index (χ0n) is 20.4. The summed E-state index contributed by atoms with van der Waals surface area (Å²) in [7, 11) is 1.57. The number of carboxylic acid groups (broad SMARTS) is 1. The highest BCUT2D eigenvalue weighted by molar-refractivity contribution is 6.32. The highest BCUT2D eigenvalue weighted by atomic mass is 35.5. The Hall–Kier alpha value is -2.74. The molecule has 0 aliphatic carbocycles. The van der Waals surface area contributed by atoms with Gasteiger partial charge >= 0.3 is 5.97 Å². The first-order valence-electron chi connectivity index (χ1n) is 12.3. The number of methoxy groups -OCH3 is 1. The average molecular weight is 515 g/mol. The highest BCUT2D eigenvalue weighted by Crippen LogP contribution is 2.41. The number of carboxylic acids is 1. The van der Waals surface area contributed by atoms with Crippen LogP contribution in [0.4, 0.5) is 4.39 Å². The molecule has 3 aromatic rings. The van der Waals surface area contributed by atoms with Crippen molar-refractivity contribution in [2.45, 2.75) is 44.6 Å². The number of rotatable bonds is 10. The van der Waals surface area contributed by atoms with Gasteiger partial charge in [0.2, 0.25) is 0 Å². The van der Waals surface area contributed by atoms with Crippen LogP contribution in [-0.4, -0.2) is 52.8 Å². The number of benzene rings is 2. The molecule has 192 valence electrons. The monoisotopic (exact) mass is 514 g/mol. The van der Waals surface area contributed by atoms with Crippen molar-refractivity contribution in [2.24, 2.45) is 5.41 Å². The maximum Gasteiger partial charge on any atom is 0.309 e. The maximum absolute atomic E-state index is 13.9. The molecule has 4 rings (SSSR count). The van der Waals surface area contributed by atoms with E-state index >= 15 is 0 Å². The lowest BCUT2D eigenvalue weighted by Crippen LogP contribution is -2.44. The van der Waals surface area contributed by atoms with E-state index in [2.05, 4.69) is 9.88 Å². The zero-order chi connectivity index (χ0) is 25.7. The maximum atomic E-state index is 13.9. The van der Waals surface area contributed by atoms with Gasteiger partial charge in [-0.2, -0.15) is 0 Å². The van der Waals surface area contributed by atoms with Crippen molar-refractivity contribution in [3.63, 3.8) is 0 Å². The molecule has 0 spiro atoms. The van der Waals surface area contributed by atoms with E-state index in [1.807, 2.05) is 6.07 Å². The normalized spacial score (nSPS) is 16.7. The van der Waals surface area contributed by atoms with Crippen molar-refractivity contribution in [1.29, 1.82) is 0 Å². The van der Waals surface area contributed by atoms with E-state index < -0.39 is 17.5 Å². The minimum absolute atomic E-state index is 0.180. The van der Waals surface area contributed by atoms with Gasteiger partial charge in [0.1, 0.15) is 11.6 Å². The number of carbonyl (C=O) groups is 1. The fourth-order valence-electron chi connectivity index (χ4n) is 5.16. The van der Waals surface area contributed by atoms with Gasteiger partial charge in [0.25, 0.3) is 0 Å². The van der Waals surface area contributed by atoms with Gasteiger partial charge in [-0.15, -0.1) is 0 Å². The second-order valence-electron chi connectivity index (χ2n) is 9.58. The van der Waals surface area contributed by atoms with E-state index in [0.29, 0.717) is 71.6 Å². The number of halogens is 2. The molecule has 1 aromatic heterocycles. The van der Waals surface area contributed by atoms with Crippen LogP contribution in [0.1, 0.15) is 49.3 Å². The molecular formula is C28H32ClFN2O4. The van der Waals surface area contributed by atoms with Crippen molar-refractivity contribution >= 4 is 28.5 Å². The number of aliphatic hydroxyl groups is 1. The molecule has 1 atom stereocenters. The number of pyridine rings is 1. The minimum atomic E-state index is -0.926. The van der Waals surface area contributed by atoms with Crippen LogP contribution >= 0.6 is 11.6 Å². The molecular weight excluding hydrogens is 483 g/mol. The standard InChI is InChI=1S/C28H32ClFN2O4/c1-36-20-8-9-24-21(17-20)26(22(29)18-31-24)25(33)10-11-28(27(34)35)12-15-32(16-13-28)14-4-6-19-5-2-3-7-23(19)30/h2-3,5,7-9,17-18,25,33H,4,6,10-16H2,1H3,(H,34,35)/t25-/m0/s1. The van der Waals surface area contributed by atoms with Crippen LogP contribution < -0.4 is 4.74 Å². The number of nitrogens with zero attached hydrogens (tertiary/aromatic N) is 2. The van der Waals surface area contributed by atoms with Gasteiger partial charge in [-0.3, -0.25) is 9.78 Å². The number of aliphatic carboxylic acids is 1. The summed E-state index contributed by atoms with van der Waals surface area (Å²) in [5.41, 5.74) is 1.05. The van der Waals surface area contributed by atoms with Crippen molar-refractivity contribution in [3.05, 3.63) is 70.6 Å². The second-order valence-corrected chi connectivity index (χ2v) is 9.99. The molecule has 6 nitrogen and oxygen atoms in total. The van der Waals surface area contributed by atoms with E-state index in [1.165, 1.54) is 12.3 Å². The average Bonchev–Trinajstić information content (AvgIpc) is 2.88. The Balaban J connectivity index is 1.38. The Kier molecular flexibility index (Phi) is 8.44. The van der Waals surface area contributed by atoms with Gasteiger partial charge in [0.15, 0.2) is 0 Å². The van der Waals surface area contributed by atoms with E-state index in [4.69, 9.17) is 16.3 Å². The van der Waals surface area contributed by atoms with E-state index in [0.717, 1.165) is 13.0 Å². The van der Waals surface area contributed by atoms with Crippen molar-refractivity contribution in [2.75, 3.05) is 26.7 Å². The van der Waals surface area contributed by atoms with Gasteiger partial charge in [0.05, 0.1) is 29.2 Å². The summed E-state index contributed by atoms with van der Waals surface area (Å²) in [5, 5.41) is 22.3. The summed E-state index contributed by atoms with van der Waals surface area (Å²) in [6, 6.07) is 12.2. The predicted octanol–water partition coefficient (Wildman–Crippen LogP) is 5.65. The lowest BCUT2D eigenvalue weighted by Gasteiger charge is -2.39. The molecule has 0 radical (unpaired) electrons. The lowest BCUT2D eigenvalue weighted by atomic mass is 9.74. The van der Waals surface area contributed by atoms with Crippen LogP contribution in [0.3, 0.4) is 0 Å². The Labute approximate surface area is 215 Å². The van der Waals surface area contributed by atoms with E-state index in [1.54, 1.807) is 37.4 Å². The van der Waals surface area contributed by atoms with E-state index in [-0.39, 0.29) is 12.2 Å². The van der Waals surface area contributed by atoms with Gasteiger partial charge in [-0.1, -0.05) is 29.8 Å². The largest absolute Gasteiger partial charge is 0.497 e. The summed E-state index contributed by atoms with van der Waals surface area (Å²) < 4.78 is 19.2.